The van der Waals surface area contributed by atoms with Gasteiger partial charge in [-0.25, -0.2) is 4.79 Å². The summed E-state index contributed by atoms with van der Waals surface area (Å²) in [5, 5.41) is 3.07. The van der Waals surface area contributed by atoms with Crippen LogP contribution in [0.1, 0.15) is 38.2 Å². The largest absolute Gasteiger partial charge is 0.495 e. The highest BCUT2D eigenvalue weighted by Crippen LogP contribution is 2.44. The van der Waals surface area contributed by atoms with Crippen molar-refractivity contribution in [3.63, 3.8) is 0 Å². The molecule has 4 rings (SSSR count). The number of hydrogen-bond donors (Lipinski definition) is 2. The van der Waals surface area contributed by atoms with Crippen LogP contribution < -0.4 is 25.4 Å². The zero-order chi connectivity index (χ0) is 25.3. The molecule has 35 heavy (non-hydrogen) atoms. The molecule has 0 bridgehead atoms. The average molecular weight is 501 g/mol. The number of anilines is 2. The highest BCUT2D eigenvalue weighted by atomic mass is 35.5. The summed E-state index contributed by atoms with van der Waals surface area (Å²) < 4.78 is 10.6. The number of rotatable bonds is 7. The molecule has 2 aromatic rings. The number of ether oxygens (including phenoxy) is 2. The average Bonchev–Trinajstić information content (AvgIpc) is 3.36. The van der Waals surface area contributed by atoms with Gasteiger partial charge in [-0.2, -0.15) is 0 Å². The molecule has 1 unspecified atom stereocenters. The third-order valence-corrected chi connectivity index (χ3v) is 7.15. The van der Waals surface area contributed by atoms with Crippen LogP contribution in [0.25, 0.3) is 0 Å². The fourth-order valence-corrected chi connectivity index (χ4v) is 5.29. The van der Waals surface area contributed by atoms with Gasteiger partial charge in [-0.1, -0.05) is 42.6 Å². The van der Waals surface area contributed by atoms with Crippen molar-refractivity contribution in [3.05, 3.63) is 47.0 Å². The molecule has 1 fully saturated rings. The molecular weight excluding hydrogens is 472 g/mol. The smallest absolute Gasteiger partial charge is 0.326 e. The molecule has 0 saturated heterocycles. The van der Waals surface area contributed by atoms with Crippen LogP contribution in [0, 0.1) is 0 Å². The van der Waals surface area contributed by atoms with Crippen molar-refractivity contribution in [2.24, 2.45) is 5.73 Å². The number of nitrogens with zero attached hydrogens (tertiary/aromatic N) is 2. The summed E-state index contributed by atoms with van der Waals surface area (Å²) in [7, 11) is 2.95. The second-order valence-corrected chi connectivity index (χ2v) is 9.27. The predicted octanol–water partition coefficient (Wildman–Crippen LogP) is 3.88. The first-order valence-corrected chi connectivity index (χ1v) is 11.8. The second kappa shape index (κ2) is 9.65. The van der Waals surface area contributed by atoms with E-state index < -0.39 is 23.4 Å². The molecule has 1 aliphatic heterocycles. The third kappa shape index (κ3) is 4.25. The van der Waals surface area contributed by atoms with Crippen molar-refractivity contribution in [1.82, 2.24) is 4.90 Å². The molecule has 186 valence electrons. The maximum absolute atomic E-state index is 13.8. The molecule has 3 N–H and O–H groups in total. The number of nitrogens with one attached hydrogen (secondary N) is 1. The summed E-state index contributed by atoms with van der Waals surface area (Å²) >= 11 is 6.23. The Morgan fingerprint density at radius 3 is 2.43 bits per heavy atom. The maximum Gasteiger partial charge on any atom is 0.326 e. The molecule has 1 saturated carbocycles. The molecule has 10 heteroatoms. The van der Waals surface area contributed by atoms with Crippen molar-refractivity contribution in [2.45, 2.75) is 44.2 Å². The summed E-state index contributed by atoms with van der Waals surface area (Å²) in [4.78, 5) is 42.7. The van der Waals surface area contributed by atoms with Crippen LogP contribution in [0.4, 0.5) is 16.2 Å². The van der Waals surface area contributed by atoms with E-state index in [1.807, 2.05) is 0 Å². The molecule has 2 aromatic carbocycles. The van der Waals surface area contributed by atoms with Crippen molar-refractivity contribution in [2.75, 3.05) is 31.0 Å². The first kappa shape index (κ1) is 24.7. The minimum Gasteiger partial charge on any atom is -0.495 e. The molecule has 0 aromatic heterocycles. The molecule has 1 heterocycles. The lowest BCUT2D eigenvalue weighted by Crippen LogP contribution is -2.65. The fraction of sp³-hybridized carbons (Fsp3) is 0.400. The zero-order valence-corrected chi connectivity index (χ0v) is 20.7. The lowest BCUT2D eigenvalue weighted by Gasteiger charge is -2.50. The van der Waals surface area contributed by atoms with Gasteiger partial charge >= 0.3 is 6.03 Å². The number of carbonyl (C=O) groups is 3. The summed E-state index contributed by atoms with van der Waals surface area (Å²) in [6, 6.07) is 9.59. The number of fused-ring (bicyclic) bond motifs is 1. The van der Waals surface area contributed by atoms with Gasteiger partial charge in [0.1, 0.15) is 23.6 Å². The monoisotopic (exact) mass is 500 g/mol. The third-order valence-electron chi connectivity index (χ3n) is 6.86. The SMILES string of the molecule is COc1cc(OC)c(NC(=O)CN2C(=O)N(C3CCCC3)C(C)(C(N)=O)c3ccccc32)cc1Cl. The van der Waals surface area contributed by atoms with Gasteiger partial charge in [-0.15, -0.1) is 0 Å². The minimum atomic E-state index is -1.32. The number of carbonyl (C=O) groups excluding carboxylic acids is 3. The van der Waals surface area contributed by atoms with E-state index in [1.54, 1.807) is 42.2 Å². The molecule has 1 atom stereocenters. The zero-order valence-electron chi connectivity index (χ0n) is 20.0. The van der Waals surface area contributed by atoms with Gasteiger partial charge in [0.2, 0.25) is 11.8 Å². The molecule has 0 spiro atoms. The standard InChI is InChI=1S/C25H29ClN4O5/c1-25(23(27)32)16-10-6-7-11-19(16)29(24(33)30(25)15-8-4-5-9-15)14-22(31)28-18-12-17(26)20(34-2)13-21(18)35-3/h6-7,10-13,15H,4-5,8-9,14H2,1-3H3,(H2,27,32)(H,28,31). The first-order chi connectivity index (χ1) is 16.7. The number of methoxy groups -OCH3 is 2. The summed E-state index contributed by atoms with van der Waals surface area (Å²) in [5.74, 6) is -0.299. The van der Waals surface area contributed by atoms with Crippen LogP contribution in [0.2, 0.25) is 5.02 Å². The van der Waals surface area contributed by atoms with E-state index in [0.717, 1.165) is 25.7 Å². The van der Waals surface area contributed by atoms with Gasteiger partial charge in [-0.05, 0) is 31.9 Å². The van der Waals surface area contributed by atoms with E-state index in [1.165, 1.54) is 25.2 Å². The number of benzene rings is 2. The van der Waals surface area contributed by atoms with Crippen LogP contribution in [0.3, 0.4) is 0 Å². The Balaban J connectivity index is 1.69. The summed E-state index contributed by atoms with van der Waals surface area (Å²) in [5.41, 5.74) is 5.98. The lowest BCUT2D eigenvalue weighted by atomic mass is 9.84. The van der Waals surface area contributed by atoms with Crippen LogP contribution in [0.5, 0.6) is 11.5 Å². The maximum atomic E-state index is 13.8. The van der Waals surface area contributed by atoms with Crippen LogP contribution >= 0.6 is 11.6 Å². The Kier molecular flexibility index (Phi) is 6.80. The molecule has 2 aliphatic rings. The number of primary amides is 1. The van der Waals surface area contributed by atoms with Gasteiger partial charge in [0.15, 0.2) is 0 Å². The number of para-hydroxylation sites is 1. The van der Waals surface area contributed by atoms with Crippen molar-refractivity contribution >= 4 is 40.8 Å². The van der Waals surface area contributed by atoms with E-state index in [-0.39, 0.29) is 12.6 Å². The number of nitrogens with two attached hydrogens (primary N) is 1. The van der Waals surface area contributed by atoms with E-state index in [2.05, 4.69) is 5.32 Å². The minimum absolute atomic E-state index is 0.139. The van der Waals surface area contributed by atoms with Gasteiger partial charge in [-0.3, -0.25) is 14.5 Å². The van der Waals surface area contributed by atoms with Gasteiger partial charge in [0.25, 0.3) is 0 Å². The number of urea groups is 1. The molecule has 0 radical (unpaired) electrons. The van der Waals surface area contributed by atoms with E-state index in [4.69, 9.17) is 26.8 Å². The number of hydrogen-bond acceptors (Lipinski definition) is 5. The van der Waals surface area contributed by atoms with Crippen molar-refractivity contribution in [1.29, 1.82) is 0 Å². The Hall–Kier alpha value is -3.46. The quantitative estimate of drug-likeness (QED) is 0.598. The van der Waals surface area contributed by atoms with Crippen LogP contribution in [-0.2, 0) is 15.1 Å². The van der Waals surface area contributed by atoms with E-state index >= 15 is 0 Å². The fourth-order valence-electron chi connectivity index (χ4n) is 5.05. The van der Waals surface area contributed by atoms with Crippen LogP contribution in [0.15, 0.2) is 36.4 Å². The molecule has 1 aliphatic carbocycles. The second-order valence-electron chi connectivity index (χ2n) is 8.87. The normalized spacial score (nSPS) is 19.9. The number of amides is 4. The van der Waals surface area contributed by atoms with Gasteiger partial charge < -0.3 is 25.4 Å². The highest BCUT2D eigenvalue weighted by Gasteiger charge is 2.53. The summed E-state index contributed by atoms with van der Waals surface area (Å²) in [6.45, 7) is 1.41. The Morgan fingerprint density at radius 2 is 1.80 bits per heavy atom. The Bertz CT molecular complexity index is 1170. The van der Waals surface area contributed by atoms with Gasteiger partial charge in [0.05, 0.1) is 30.6 Å². The lowest BCUT2D eigenvalue weighted by molar-refractivity contribution is -0.129. The first-order valence-electron chi connectivity index (χ1n) is 11.4. The Labute approximate surface area is 209 Å². The van der Waals surface area contributed by atoms with Crippen LogP contribution in [-0.4, -0.2) is 49.6 Å². The predicted molar refractivity (Wildman–Crippen MR) is 133 cm³/mol. The van der Waals surface area contributed by atoms with Gasteiger partial charge in [0, 0.05) is 17.7 Å². The molecule has 4 amide bonds. The summed E-state index contributed by atoms with van der Waals surface area (Å²) in [6.07, 6.45) is 3.48. The van der Waals surface area contributed by atoms with Crippen molar-refractivity contribution < 1.29 is 23.9 Å². The van der Waals surface area contributed by atoms with E-state index in [0.29, 0.717) is 33.5 Å². The van der Waals surface area contributed by atoms with E-state index in [9.17, 15) is 14.4 Å². The highest BCUT2D eigenvalue weighted by molar-refractivity contribution is 6.32. The number of halogens is 1. The topological polar surface area (TPSA) is 114 Å². The molecular formula is C25H29ClN4O5. The van der Waals surface area contributed by atoms with Crippen molar-refractivity contribution in [3.8, 4) is 11.5 Å². The Morgan fingerprint density at radius 1 is 1.14 bits per heavy atom. The molecule has 9 nitrogen and oxygen atoms in total.